The SMILES string of the molecule is CCC(Nc1ccncn1)C(C)C. The van der Waals surface area contributed by atoms with E-state index in [1.807, 2.05) is 6.07 Å². The second-order valence-corrected chi connectivity index (χ2v) is 3.50. The van der Waals surface area contributed by atoms with Crippen molar-refractivity contribution in [1.82, 2.24) is 9.97 Å². The number of rotatable bonds is 4. The highest BCUT2D eigenvalue weighted by Crippen LogP contribution is 2.11. The molecule has 1 aromatic rings. The lowest BCUT2D eigenvalue weighted by molar-refractivity contribution is 0.509. The van der Waals surface area contributed by atoms with Crippen LogP contribution in [0.25, 0.3) is 0 Å². The Balaban J connectivity index is 2.57. The summed E-state index contributed by atoms with van der Waals surface area (Å²) in [6.07, 6.45) is 4.43. The van der Waals surface area contributed by atoms with Crippen LogP contribution < -0.4 is 5.32 Å². The largest absolute Gasteiger partial charge is 0.367 e. The third-order valence-electron chi connectivity index (χ3n) is 2.16. The third-order valence-corrected chi connectivity index (χ3v) is 2.16. The molecule has 0 saturated heterocycles. The van der Waals surface area contributed by atoms with E-state index in [1.54, 1.807) is 12.5 Å². The molecule has 0 fully saturated rings. The van der Waals surface area contributed by atoms with Gasteiger partial charge in [0, 0.05) is 12.2 Å². The van der Waals surface area contributed by atoms with E-state index in [0.717, 1.165) is 12.2 Å². The quantitative estimate of drug-likeness (QED) is 0.770. The van der Waals surface area contributed by atoms with Crippen LogP contribution in [0, 0.1) is 5.92 Å². The molecule has 1 unspecified atom stereocenters. The normalized spacial score (nSPS) is 12.9. The average Bonchev–Trinajstić information content (AvgIpc) is 2.15. The molecule has 0 aliphatic rings. The summed E-state index contributed by atoms with van der Waals surface area (Å²) < 4.78 is 0. The van der Waals surface area contributed by atoms with Gasteiger partial charge in [-0.15, -0.1) is 0 Å². The molecule has 0 bridgehead atoms. The molecule has 1 atom stereocenters. The van der Waals surface area contributed by atoms with Crippen LogP contribution in [0.4, 0.5) is 5.82 Å². The Hall–Kier alpha value is -1.12. The van der Waals surface area contributed by atoms with Gasteiger partial charge in [0.05, 0.1) is 0 Å². The van der Waals surface area contributed by atoms with E-state index in [2.05, 4.69) is 36.1 Å². The van der Waals surface area contributed by atoms with Crippen LogP contribution in [0.1, 0.15) is 27.2 Å². The van der Waals surface area contributed by atoms with E-state index in [4.69, 9.17) is 0 Å². The van der Waals surface area contributed by atoms with Crippen molar-refractivity contribution < 1.29 is 0 Å². The van der Waals surface area contributed by atoms with Crippen LogP contribution >= 0.6 is 0 Å². The minimum atomic E-state index is 0.495. The molecule has 1 heterocycles. The fourth-order valence-corrected chi connectivity index (χ4v) is 1.31. The highest BCUT2D eigenvalue weighted by molar-refractivity contribution is 5.32. The van der Waals surface area contributed by atoms with Crippen LogP contribution in [-0.2, 0) is 0 Å². The summed E-state index contributed by atoms with van der Waals surface area (Å²) in [5.41, 5.74) is 0. The molecule has 0 spiro atoms. The predicted molar refractivity (Wildman–Crippen MR) is 54.6 cm³/mol. The second-order valence-electron chi connectivity index (χ2n) is 3.50. The van der Waals surface area contributed by atoms with Crippen molar-refractivity contribution in [2.45, 2.75) is 33.2 Å². The first-order valence-electron chi connectivity index (χ1n) is 4.76. The highest BCUT2D eigenvalue weighted by atomic mass is 15.0. The van der Waals surface area contributed by atoms with E-state index in [9.17, 15) is 0 Å². The average molecular weight is 179 g/mol. The van der Waals surface area contributed by atoms with Gasteiger partial charge in [-0.1, -0.05) is 20.8 Å². The summed E-state index contributed by atoms with van der Waals surface area (Å²) in [7, 11) is 0. The van der Waals surface area contributed by atoms with Gasteiger partial charge in [0.2, 0.25) is 0 Å². The highest BCUT2D eigenvalue weighted by Gasteiger charge is 2.10. The molecule has 1 N–H and O–H groups in total. The van der Waals surface area contributed by atoms with Crippen LogP contribution in [-0.4, -0.2) is 16.0 Å². The van der Waals surface area contributed by atoms with Crippen molar-refractivity contribution in [3.8, 4) is 0 Å². The third kappa shape index (κ3) is 3.01. The maximum atomic E-state index is 4.13. The minimum absolute atomic E-state index is 0.495. The Labute approximate surface area is 79.6 Å². The summed E-state index contributed by atoms with van der Waals surface area (Å²) in [5.74, 6) is 1.54. The number of hydrogen-bond donors (Lipinski definition) is 1. The zero-order chi connectivity index (χ0) is 9.68. The monoisotopic (exact) mass is 179 g/mol. The molecular weight excluding hydrogens is 162 g/mol. The van der Waals surface area contributed by atoms with E-state index in [1.165, 1.54) is 0 Å². The van der Waals surface area contributed by atoms with E-state index in [-0.39, 0.29) is 0 Å². The molecule has 0 amide bonds. The van der Waals surface area contributed by atoms with Gasteiger partial charge in [0.25, 0.3) is 0 Å². The first-order chi connectivity index (χ1) is 6.24. The van der Waals surface area contributed by atoms with Gasteiger partial charge >= 0.3 is 0 Å². The molecule has 0 aromatic carbocycles. The molecule has 3 nitrogen and oxygen atoms in total. The van der Waals surface area contributed by atoms with E-state index >= 15 is 0 Å². The lowest BCUT2D eigenvalue weighted by atomic mass is 10.0. The topological polar surface area (TPSA) is 37.8 Å². The summed E-state index contributed by atoms with van der Waals surface area (Å²) >= 11 is 0. The Morgan fingerprint density at radius 2 is 2.23 bits per heavy atom. The van der Waals surface area contributed by atoms with Gasteiger partial charge < -0.3 is 5.32 Å². The Kier molecular flexibility index (Phi) is 3.68. The van der Waals surface area contributed by atoms with Gasteiger partial charge in [0.15, 0.2) is 0 Å². The molecule has 13 heavy (non-hydrogen) atoms. The van der Waals surface area contributed by atoms with E-state index in [0.29, 0.717) is 12.0 Å². The number of nitrogens with zero attached hydrogens (tertiary/aromatic N) is 2. The van der Waals surface area contributed by atoms with E-state index < -0.39 is 0 Å². The minimum Gasteiger partial charge on any atom is -0.367 e. The summed E-state index contributed by atoms with van der Waals surface area (Å²) in [6.45, 7) is 6.60. The molecule has 0 aliphatic carbocycles. The number of aromatic nitrogens is 2. The molecule has 72 valence electrons. The molecular formula is C10H17N3. The first-order valence-corrected chi connectivity index (χ1v) is 4.76. The maximum absolute atomic E-state index is 4.13. The fraction of sp³-hybridized carbons (Fsp3) is 0.600. The zero-order valence-electron chi connectivity index (χ0n) is 8.49. The molecule has 0 aliphatic heterocycles. The van der Waals surface area contributed by atoms with Crippen LogP contribution in [0.15, 0.2) is 18.6 Å². The number of hydrogen-bond acceptors (Lipinski definition) is 3. The van der Waals surface area contributed by atoms with Crippen molar-refractivity contribution in [3.05, 3.63) is 18.6 Å². The lowest BCUT2D eigenvalue weighted by Crippen LogP contribution is -2.25. The number of nitrogens with one attached hydrogen (secondary N) is 1. The van der Waals surface area contributed by atoms with Gasteiger partial charge in [-0.05, 0) is 18.4 Å². The Morgan fingerprint density at radius 3 is 2.69 bits per heavy atom. The number of anilines is 1. The Bertz CT molecular complexity index is 233. The molecule has 1 rings (SSSR count). The molecule has 1 aromatic heterocycles. The van der Waals surface area contributed by atoms with Crippen LogP contribution in [0.5, 0.6) is 0 Å². The molecule has 0 radical (unpaired) electrons. The summed E-state index contributed by atoms with van der Waals surface area (Å²) in [6, 6.07) is 2.39. The van der Waals surface area contributed by atoms with Crippen molar-refractivity contribution in [1.29, 1.82) is 0 Å². The summed E-state index contributed by atoms with van der Waals surface area (Å²) in [4.78, 5) is 8.00. The van der Waals surface area contributed by atoms with Gasteiger partial charge in [-0.3, -0.25) is 0 Å². The maximum Gasteiger partial charge on any atom is 0.129 e. The standard InChI is InChI=1S/C10H17N3/c1-4-9(8(2)3)13-10-5-6-11-7-12-10/h5-9H,4H2,1-3H3,(H,11,12,13). The van der Waals surface area contributed by atoms with Crippen molar-refractivity contribution >= 4 is 5.82 Å². The second kappa shape index (κ2) is 4.80. The first kappa shape index (κ1) is 9.96. The van der Waals surface area contributed by atoms with Crippen molar-refractivity contribution in [2.75, 3.05) is 5.32 Å². The van der Waals surface area contributed by atoms with Crippen molar-refractivity contribution in [2.24, 2.45) is 5.92 Å². The van der Waals surface area contributed by atoms with Gasteiger partial charge in [-0.2, -0.15) is 0 Å². The zero-order valence-corrected chi connectivity index (χ0v) is 8.49. The fourth-order valence-electron chi connectivity index (χ4n) is 1.31. The summed E-state index contributed by atoms with van der Waals surface area (Å²) in [5, 5.41) is 3.38. The lowest BCUT2D eigenvalue weighted by Gasteiger charge is -2.20. The Morgan fingerprint density at radius 1 is 1.46 bits per heavy atom. The van der Waals surface area contributed by atoms with Gasteiger partial charge in [-0.25, -0.2) is 9.97 Å². The van der Waals surface area contributed by atoms with Crippen molar-refractivity contribution in [3.63, 3.8) is 0 Å². The smallest absolute Gasteiger partial charge is 0.129 e. The van der Waals surface area contributed by atoms with Crippen LogP contribution in [0.2, 0.25) is 0 Å². The molecule has 3 heteroatoms. The molecule has 0 saturated carbocycles. The predicted octanol–water partition coefficient (Wildman–Crippen LogP) is 2.32. The van der Waals surface area contributed by atoms with Gasteiger partial charge in [0.1, 0.15) is 12.1 Å². The van der Waals surface area contributed by atoms with Crippen LogP contribution in [0.3, 0.4) is 0 Å².